The van der Waals surface area contributed by atoms with Gasteiger partial charge in [-0.2, -0.15) is 0 Å². The van der Waals surface area contributed by atoms with Crippen LogP contribution in [-0.4, -0.2) is 46.2 Å². The number of amides is 2. The Kier molecular flexibility index (Phi) is 3.41. The molecule has 5 heteroatoms. The van der Waals surface area contributed by atoms with Gasteiger partial charge in [-0.25, -0.2) is 0 Å². The Balaban J connectivity index is 1.85. The lowest BCUT2D eigenvalue weighted by Crippen LogP contribution is -2.66. The van der Waals surface area contributed by atoms with Crippen molar-refractivity contribution in [1.82, 2.24) is 14.8 Å². The molecule has 2 aliphatic rings. The van der Waals surface area contributed by atoms with Gasteiger partial charge in [0.15, 0.2) is 5.54 Å². The number of aromatic nitrogens is 1. The third-order valence-electron chi connectivity index (χ3n) is 5.54. The average molecular weight is 325 g/mol. The maximum absolute atomic E-state index is 13.3. The first-order chi connectivity index (χ1) is 11.6. The molecule has 2 aliphatic heterocycles. The number of benzene rings is 1. The van der Waals surface area contributed by atoms with E-state index in [1.165, 1.54) is 10.9 Å². The van der Waals surface area contributed by atoms with Crippen LogP contribution in [0.1, 0.15) is 37.9 Å². The first-order valence-electron chi connectivity index (χ1n) is 8.77. The molecule has 0 aliphatic carbocycles. The van der Waals surface area contributed by atoms with Crippen molar-refractivity contribution >= 4 is 22.7 Å². The minimum Gasteiger partial charge on any atom is -0.356 e. The van der Waals surface area contributed by atoms with Gasteiger partial charge in [-0.15, -0.1) is 0 Å². The molecule has 1 fully saturated rings. The summed E-state index contributed by atoms with van der Waals surface area (Å²) in [5.41, 5.74) is 2.21. The highest BCUT2D eigenvalue weighted by Gasteiger charge is 2.53. The molecule has 1 aromatic carbocycles. The average Bonchev–Trinajstić information content (AvgIpc) is 2.97. The van der Waals surface area contributed by atoms with Gasteiger partial charge in [0.2, 0.25) is 5.91 Å². The third kappa shape index (κ3) is 1.93. The quantitative estimate of drug-likeness (QED) is 0.942. The predicted molar refractivity (Wildman–Crippen MR) is 92.6 cm³/mol. The summed E-state index contributed by atoms with van der Waals surface area (Å²) in [5, 5.41) is 1.17. The van der Waals surface area contributed by atoms with Crippen molar-refractivity contribution in [1.29, 1.82) is 0 Å². The lowest BCUT2D eigenvalue weighted by Gasteiger charge is -2.49. The van der Waals surface area contributed by atoms with E-state index in [2.05, 4.69) is 18.0 Å². The number of nitrogens with one attached hydrogen (secondary N) is 1. The number of para-hydroxylation sites is 1. The highest BCUT2D eigenvalue weighted by atomic mass is 16.2. The van der Waals surface area contributed by atoms with E-state index in [0.717, 1.165) is 30.5 Å². The normalized spacial score (nSPS) is 23.6. The molecule has 2 aromatic rings. The fraction of sp³-hybridized carbons (Fsp3) is 0.474. The van der Waals surface area contributed by atoms with Crippen molar-refractivity contribution in [2.75, 3.05) is 19.6 Å². The summed E-state index contributed by atoms with van der Waals surface area (Å²) in [4.78, 5) is 32.9. The molecule has 0 spiro atoms. The molecule has 1 atom stereocenters. The van der Waals surface area contributed by atoms with Crippen LogP contribution in [0.5, 0.6) is 0 Å². The van der Waals surface area contributed by atoms with Gasteiger partial charge in [0.25, 0.3) is 5.91 Å². The van der Waals surface area contributed by atoms with Crippen LogP contribution < -0.4 is 0 Å². The van der Waals surface area contributed by atoms with Crippen LogP contribution in [0.3, 0.4) is 0 Å². The topological polar surface area (TPSA) is 56.4 Å². The molecule has 4 rings (SSSR count). The van der Waals surface area contributed by atoms with Gasteiger partial charge in [0.05, 0.1) is 12.2 Å². The fourth-order valence-electron chi connectivity index (χ4n) is 4.21. The number of carbonyl (C=O) groups is 2. The predicted octanol–water partition coefficient (Wildman–Crippen LogP) is 2.41. The van der Waals surface area contributed by atoms with Crippen LogP contribution in [0.25, 0.3) is 10.9 Å². The van der Waals surface area contributed by atoms with Crippen LogP contribution in [0.4, 0.5) is 0 Å². The Bertz CT molecular complexity index is 825. The molecule has 0 saturated carbocycles. The Morgan fingerprint density at radius 1 is 1.25 bits per heavy atom. The van der Waals surface area contributed by atoms with Gasteiger partial charge in [0, 0.05) is 24.0 Å². The summed E-state index contributed by atoms with van der Waals surface area (Å²) in [7, 11) is 0. The van der Waals surface area contributed by atoms with Crippen molar-refractivity contribution in [2.24, 2.45) is 0 Å². The van der Waals surface area contributed by atoms with Crippen molar-refractivity contribution < 1.29 is 9.59 Å². The van der Waals surface area contributed by atoms with E-state index in [1.807, 2.05) is 25.1 Å². The van der Waals surface area contributed by atoms with Gasteiger partial charge < -0.3 is 14.8 Å². The second-order valence-corrected chi connectivity index (χ2v) is 6.97. The van der Waals surface area contributed by atoms with Crippen molar-refractivity contribution in [3.8, 4) is 0 Å². The van der Waals surface area contributed by atoms with Gasteiger partial charge in [-0.05, 0) is 31.4 Å². The highest BCUT2D eigenvalue weighted by molar-refractivity contribution is 6.00. The number of hydrogen-bond acceptors (Lipinski definition) is 2. The molecule has 0 bridgehead atoms. The molecule has 1 N–H and O–H groups in total. The number of nitrogens with zero attached hydrogens (tertiary/aromatic N) is 2. The molecule has 3 heterocycles. The van der Waals surface area contributed by atoms with Crippen molar-refractivity contribution in [3.63, 3.8) is 0 Å². The molecular formula is C19H23N3O2. The molecule has 2 amide bonds. The zero-order valence-corrected chi connectivity index (χ0v) is 14.3. The van der Waals surface area contributed by atoms with E-state index in [0.29, 0.717) is 13.1 Å². The number of rotatable bonds is 3. The zero-order chi connectivity index (χ0) is 16.9. The number of unbranched alkanes of at least 4 members (excludes halogenated alkanes) is 1. The number of H-pyrrole nitrogens is 1. The van der Waals surface area contributed by atoms with Gasteiger partial charge >= 0.3 is 0 Å². The first-order valence-corrected chi connectivity index (χ1v) is 8.77. The Labute approximate surface area is 141 Å². The van der Waals surface area contributed by atoms with E-state index >= 15 is 0 Å². The largest absolute Gasteiger partial charge is 0.356 e. The van der Waals surface area contributed by atoms with Crippen molar-refractivity contribution in [2.45, 2.75) is 38.6 Å². The number of fused-ring (bicyclic) bond motifs is 5. The van der Waals surface area contributed by atoms with E-state index in [1.54, 1.807) is 9.80 Å². The van der Waals surface area contributed by atoms with Crippen LogP contribution in [0, 0.1) is 0 Å². The molecule has 1 saturated heterocycles. The highest BCUT2D eigenvalue weighted by Crippen LogP contribution is 2.41. The standard InChI is InChI=1S/C19H23N3O2/c1-3-4-10-21-12-16(23)22-11-9-14-13-7-5-6-8-15(13)20-17(14)19(22,2)18(21)24/h5-8,20H,3-4,9-12H2,1-2H3. The smallest absolute Gasteiger partial charge is 0.254 e. The lowest BCUT2D eigenvalue weighted by molar-refractivity contribution is -0.166. The number of aromatic amines is 1. The minimum atomic E-state index is -0.907. The number of hydrogen-bond donors (Lipinski definition) is 1. The van der Waals surface area contributed by atoms with Crippen molar-refractivity contribution in [3.05, 3.63) is 35.5 Å². The maximum Gasteiger partial charge on any atom is 0.254 e. The zero-order valence-electron chi connectivity index (χ0n) is 14.3. The van der Waals surface area contributed by atoms with Gasteiger partial charge in [0.1, 0.15) is 0 Å². The third-order valence-corrected chi connectivity index (χ3v) is 5.54. The Morgan fingerprint density at radius 3 is 2.83 bits per heavy atom. The van der Waals surface area contributed by atoms with Gasteiger partial charge in [-0.1, -0.05) is 31.5 Å². The molecule has 5 nitrogen and oxygen atoms in total. The summed E-state index contributed by atoms with van der Waals surface area (Å²) < 4.78 is 0. The van der Waals surface area contributed by atoms with Crippen LogP contribution in [0.2, 0.25) is 0 Å². The van der Waals surface area contributed by atoms with Crippen LogP contribution in [0.15, 0.2) is 24.3 Å². The maximum atomic E-state index is 13.3. The summed E-state index contributed by atoms with van der Waals surface area (Å²) in [6.45, 7) is 5.47. The first kappa shape index (κ1) is 15.2. The Hall–Kier alpha value is -2.30. The van der Waals surface area contributed by atoms with E-state index in [4.69, 9.17) is 0 Å². The molecule has 24 heavy (non-hydrogen) atoms. The molecule has 1 unspecified atom stereocenters. The number of carbonyl (C=O) groups excluding carboxylic acids is 2. The fourth-order valence-corrected chi connectivity index (χ4v) is 4.21. The molecule has 126 valence electrons. The van der Waals surface area contributed by atoms with E-state index < -0.39 is 5.54 Å². The second kappa shape index (κ2) is 5.36. The van der Waals surface area contributed by atoms with Crippen LogP contribution >= 0.6 is 0 Å². The minimum absolute atomic E-state index is 0.0445. The summed E-state index contributed by atoms with van der Waals surface area (Å²) in [6, 6.07) is 8.14. The molecule has 0 radical (unpaired) electrons. The lowest BCUT2D eigenvalue weighted by atomic mass is 9.83. The van der Waals surface area contributed by atoms with E-state index in [9.17, 15) is 9.59 Å². The number of piperazine rings is 1. The SMILES string of the molecule is CCCCN1CC(=O)N2CCc3c([nH]c4ccccc34)C2(C)C1=O. The Morgan fingerprint density at radius 2 is 2.04 bits per heavy atom. The summed E-state index contributed by atoms with van der Waals surface area (Å²) >= 11 is 0. The molecular weight excluding hydrogens is 302 g/mol. The molecule has 1 aromatic heterocycles. The summed E-state index contributed by atoms with van der Waals surface area (Å²) in [5.74, 6) is 0.0977. The monoisotopic (exact) mass is 325 g/mol. The van der Waals surface area contributed by atoms with Gasteiger partial charge in [-0.3, -0.25) is 9.59 Å². The van der Waals surface area contributed by atoms with Crippen LogP contribution in [-0.2, 0) is 21.5 Å². The summed E-state index contributed by atoms with van der Waals surface area (Å²) in [6.07, 6.45) is 2.73. The second-order valence-electron chi connectivity index (χ2n) is 6.97. The van der Waals surface area contributed by atoms with E-state index in [-0.39, 0.29) is 18.4 Å².